The molecule has 0 saturated carbocycles. The molecule has 12 heteroatoms. The number of carbonyl (C=O) groups is 1. The van der Waals surface area contributed by atoms with Gasteiger partial charge in [-0.3, -0.25) is 10.2 Å². The van der Waals surface area contributed by atoms with Gasteiger partial charge in [0.05, 0.1) is 24.6 Å². The summed E-state index contributed by atoms with van der Waals surface area (Å²) in [5, 5.41) is 10.6. The smallest absolute Gasteiger partial charge is 0.261 e. The van der Waals surface area contributed by atoms with Gasteiger partial charge in [0.1, 0.15) is 28.4 Å². The van der Waals surface area contributed by atoms with E-state index in [2.05, 4.69) is 25.3 Å². The minimum absolute atomic E-state index is 0.0579. The van der Waals surface area contributed by atoms with Crippen LogP contribution in [0.5, 0.6) is 0 Å². The number of morpholine rings is 1. The van der Waals surface area contributed by atoms with E-state index >= 15 is 0 Å². The minimum Gasteiger partial charge on any atom is -0.403 e. The molecule has 4 rings (SSSR count). The summed E-state index contributed by atoms with van der Waals surface area (Å²) in [7, 11) is 0. The van der Waals surface area contributed by atoms with E-state index in [-0.39, 0.29) is 17.2 Å². The van der Waals surface area contributed by atoms with Gasteiger partial charge in [-0.25, -0.2) is 18.7 Å². The summed E-state index contributed by atoms with van der Waals surface area (Å²) >= 11 is 0. The first kappa shape index (κ1) is 21.3. The van der Waals surface area contributed by atoms with E-state index in [4.69, 9.17) is 15.9 Å². The Bertz CT molecular complexity index is 1210. The van der Waals surface area contributed by atoms with E-state index in [1.807, 2.05) is 4.90 Å². The number of nitrogens with two attached hydrogens (primary N) is 1. The normalized spacial score (nSPS) is 14.6. The average Bonchev–Trinajstić information content (AvgIpc) is 3.22. The van der Waals surface area contributed by atoms with E-state index in [1.165, 1.54) is 0 Å². The number of nitrogens with one attached hydrogen (secondary N) is 3. The third kappa shape index (κ3) is 3.99. The van der Waals surface area contributed by atoms with Crippen LogP contribution in [-0.2, 0) is 4.74 Å². The Balaban J connectivity index is 1.60. The SMILES string of the molecule is Cc1nc(N2CCOCC2)nc2[nH]c(C(=N)/C(=C\N)NC(=O)c3c(F)cccc3F)nc12. The van der Waals surface area contributed by atoms with Gasteiger partial charge in [0.25, 0.3) is 5.91 Å². The first-order valence-corrected chi connectivity index (χ1v) is 9.72. The largest absolute Gasteiger partial charge is 0.403 e. The molecule has 0 unspecified atom stereocenters. The summed E-state index contributed by atoms with van der Waals surface area (Å²) in [5.74, 6) is -2.57. The second-order valence-corrected chi connectivity index (χ2v) is 7.00. The zero-order valence-electron chi connectivity index (χ0n) is 17.1. The molecule has 0 radical (unpaired) electrons. The second kappa shape index (κ2) is 8.67. The average molecular weight is 442 g/mol. The zero-order chi connectivity index (χ0) is 22.8. The van der Waals surface area contributed by atoms with Crippen molar-refractivity contribution < 1.29 is 18.3 Å². The number of hydrogen-bond acceptors (Lipinski definition) is 8. The van der Waals surface area contributed by atoms with Crippen LogP contribution in [0.15, 0.2) is 30.1 Å². The summed E-state index contributed by atoms with van der Waals surface area (Å²) in [6, 6.07) is 3.07. The lowest BCUT2D eigenvalue weighted by Gasteiger charge is -2.26. The highest BCUT2D eigenvalue weighted by Gasteiger charge is 2.22. The molecule has 1 fully saturated rings. The van der Waals surface area contributed by atoms with Gasteiger partial charge in [-0.1, -0.05) is 6.07 Å². The van der Waals surface area contributed by atoms with E-state index in [0.29, 0.717) is 49.1 Å². The third-order valence-corrected chi connectivity index (χ3v) is 4.91. The quantitative estimate of drug-likeness (QED) is 0.437. The van der Waals surface area contributed by atoms with Crippen LogP contribution < -0.4 is 16.0 Å². The van der Waals surface area contributed by atoms with Crippen LogP contribution in [0.2, 0.25) is 0 Å². The van der Waals surface area contributed by atoms with Crippen molar-refractivity contribution in [2.75, 3.05) is 31.2 Å². The molecule has 3 aromatic rings. The van der Waals surface area contributed by atoms with Crippen LogP contribution in [0, 0.1) is 24.0 Å². The Morgan fingerprint density at radius 3 is 2.59 bits per heavy atom. The molecular formula is C20H20F2N8O2. The van der Waals surface area contributed by atoms with E-state index in [1.54, 1.807) is 6.92 Å². The summed E-state index contributed by atoms with van der Waals surface area (Å²) in [6.07, 6.45) is 0.948. The number of nitrogens with zero attached hydrogens (tertiary/aromatic N) is 4. The van der Waals surface area contributed by atoms with Crippen molar-refractivity contribution in [3.8, 4) is 0 Å². The topological polar surface area (TPSA) is 146 Å². The maximum atomic E-state index is 13.9. The Hall–Kier alpha value is -3.93. The fourth-order valence-electron chi connectivity index (χ4n) is 3.26. The van der Waals surface area contributed by atoms with E-state index in [0.717, 1.165) is 24.4 Å². The van der Waals surface area contributed by atoms with Crippen molar-refractivity contribution in [2.45, 2.75) is 6.92 Å². The van der Waals surface area contributed by atoms with Gasteiger partial charge in [0.15, 0.2) is 11.5 Å². The van der Waals surface area contributed by atoms with E-state index < -0.39 is 23.1 Å². The number of H-pyrrole nitrogens is 1. The van der Waals surface area contributed by atoms with Crippen molar-refractivity contribution >= 4 is 28.7 Å². The van der Waals surface area contributed by atoms with Gasteiger partial charge in [0, 0.05) is 19.3 Å². The lowest BCUT2D eigenvalue weighted by molar-refractivity contribution is 0.0959. The number of aryl methyl sites for hydroxylation is 1. The van der Waals surface area contributed by atoms with Gasteiger partial charge in [-0.15, -0.1) is 0 Å². The van der Waals surface area contributed by atoms with Gasteiger partial charge >= 0.3 is 0 Å². The highest BCUT2D eigenvalue weighted by atomic mass is 19.1. The molecule has 1 aliphatic rings. The number of anilines is 1. The van der Waals surface area contributed by atoms with Gasteiger partial charge in [0.2, 0.25) is 5.95 Å². The Labute approximate surface area is 181 Å². The molecule has 166 valence electrons. The van der Waals surface area contributed by atoms with Gasteiger partial charge < -0.3 is 25.7 Å². The number of hydrogen-bond donors (Lipinski definition) is 4. The predicted octanol–water partition coefficient (Wildman–Crippen LogP) is 1.37. The van der Waals surface area contributed by atoms with Crippen LogP contribution in [0.4, 0.5) is 14.7 Å². The Morgan fingerprint density at radius 2 is 1.94 bits per heavy atom. The van der Waals surface area contributed by atoms with Crippen molar-refractivity contribution in [2.24, 2.45) is 5.73 Å². The molecule has 1 saturated heterocycles. The van der Waals surface area contributed by atoms with E-state index in [9.17, 15) is 13.6 Å². The van der Waals surface area contributed by atoms with Crippen LogP contribution in [0.1, 0.15) is 21.9 Å². The zero-order valence-corrected chi connectivity index (χ0v) is 17.1. The molecule has 3 heterocycles. The Morgan fingerprint density at radius 1 is 1.25 bits per heavy atom. The molecule has 5 N–H and O–H groups in total. The third-order valence-electron chi connectivity index (χ3n) is 4.91. The van der Waals surface area contributed by atoms with Crippen LogP contribution in [0.25, 0.3) is 11.2 Å². The summed E-state index contributed by atoms with van der Waals surface area (Å²) < 4.78 is 33.2. The number of rotatable bonds is 5. The number of carbonyl (C=O) groups excluding carboxylic acids is 1. The first-order valence-electron chi connectivity index (χ1n) is 9.72. The number of aromatic nitrogens is 4. The van der Waals surface area contributed by atoms with Crippen molar-refractivity contribution in [3.05, 3.63) is 58.8 Å². The number of ether oxygens (including phenoxy) is 1. The fourth-order valence-corrected chi connectivity index (χ4v) is 3.26. The molecule has 0 bridgehead atoms. The molecule has 1 aliphatic heterocycles. The molecule has 32 heavy (non-hydrogen) atoms. The lowest BCUT2D eigenvalue weighted by Crippen LogP contribution is -2.37. The van der Waals surface area contributed by atoms with Crippen LogP contribution >= 0.6 is 0 Å². The van der Waals surface area contributed by atoms with Gasteiger partial charge in [-0.05, 0) is 19.1 Å². The van der Waals surface area contributed by atoms with Gasteiger partial charge in [-0.2, -0.15) is 4.98 Å². The molecule has 2 aromatic heterocycles. The Kier molecular flexibility index (Phi) is 5.77. The number of fused-ring (bicyclic) bond motifs is 1. The molecule has 1 aromatic carbocycles. The number of amides is 1. The molecule has 0 aliphatic carbocycles. The highest BCUT2D eigenvalue weighted by molar-refractivity contribution is 6.12. The van der Waals surface area contributed by atoms with Crippen molar-refractivity contribution in [1.82, 2.24) is 25.3 Å². The van der Waals surface area contributed by atoms with Crippen LogP contribution in [-0.4, -0.2) is 57.9 Å². The number of allylic oxidation sites excluding steroid dienone is 1. The standard InChI is InChI=1S/C20H20F2N8O2/c1-10-16-18(29-20(25-10)30-5-7-32-8-6-30)28-17(27-16)15(24)13(9-23)26-19(31)14-11(21)3-2-4-12(14)22/h2-4,9,24H,5-8,23H2,1H3,(H,26,31)(H,25,27,28,29)/b13-9+,24-15?. The summed E-state index contributed by atoms with van der Waals surface area (Å²) in [6.45, 7) is 4.23. The first-order chi connectivity index (χ1) is 15.4. The monoisotopic (exact) mass is 442 g/mol. The predicted molar refractivity (Wildman–Crippen MR) is 112 cm³/mol. The number of benzene rings is 1. The van der Waals surface area contributed by atoms with Crippen molar-refractivity contribution in [1.29, 1.82) is 5.41 Å². The number of aromatic amines is 1. The summed E-state index contributed by atoms with van der Waals surface area (Å²) in [4.78, 5) is 30.6. The maximum Gasteiger partial charge on any atom is 0.261 e. The molecule has 0 spiro atoms. The minimum atomic E-state index is -1.08. The van der Waals surface area contributed by atoms with Crippen molar-refractivity contribution in [3.63, 3.8) is 0 Å². The molecule has 0 atom stereocenters. The fraction of sp³-hybridized carbons (Fsp3) is 0.250. The maximum absolute atomic E-state index is 13.9. The molecular weight excluding hydrogens is 422 g/mol. The number of halogens is 2. The molecule has 1 amide bonds. The lowest BCUT2D eigenvalue weighted by atomic mass is 10.1. The number of imidazole rings is 1. The van der Waals surface area contributed by atoms with Crippen LogP contribution in [0.3, 0.4) is 0 Å². The summed E-state index contributed by atoms with van der Waals surface area (Å²) in [5.41, 5.74) is 5.77. The second-order valence-electron chi connectivity index (χ2n) is 7.00. The highest BCUT2D eigenvalue weighted by Crippen LogP contribution is 2.19. The molecule has 10 nitrogen and oxygen atoms in total.